The van der Waals surface area contributed by atoms with Crippen LogP contribution in [0.15, 0.2) is 30.5 Å². The van der Waals surface area contributed by atoms with Crippen molar-refractivity contribution in [2.24, 2.45) is 0 Å². The van der Waals surface area contributed by atoms with Gasteiger partial charge in [0.15, 0.2) is 0 Å². The first-order valence-corrected chi connectivity index (χ1v) is 8.31. The Morgan fingerprint density at radius 1 is 1.17 bits per heavy atom. The molecule has 0 unspecified atom stereocenters. The summed E-state index contributed by atoms with van der Waals surface area (Å²) >= 11 is 0. The molecule has 2 aromatic rings. The topological polar surface area (TPSA) is 70.2 Å². The van der Waals surface area contributed by atoms with Gasteiger partial charge in [0.05, 0.1) is 6.54 Å². The van der Waals surface area contributed by atoms with Gasteiger partial charge in [-0.2, -0.15) is 0 Å². The number of rotatable bonds is 4. The minimum atomic E-state index is -0.256. The third-order valence-corrected chi connectivity index (χ3v) is 4.29. The van der Waals surface area contributed by atoms with E-state index < -0.39 is 0 Å². The number of carbonyl (C=O) groups excluding carboxylic acids is 1. The molecule has 0 atom stereocenters. The first-order chi connectivity index (χ1) is 11.6. The summed E-state index contributed by atoms with van der Waals surface area (Å²) in [5.74, 6) is 1.56. The summed E-state index contributed by atoms with van der Waals surface area (Å²) in [5, 5.41) is 5.64. The van der Waals surface area contributed by atoms with E-state index in [0.717, 1.165) is 30.2 Å². The predicted octanol–water partition coefficient (Wildman–Crippen LogP) is 3.02. The number of aromatic nitrogens is 2. The van der Waals surface area contributed by atoms with Crippen LogP contribution in [0.5, 0.6) is 0 Å². The molecule has 0 aliphatic carbocycles. The molecule has 0 bridgehead atoms. The van der Waals surface area contributed by atoms with E-state index in [1.165, 1.54) is 18.4 Å². The summed E-state index contributed by atoms with van der Waals surface area (Å²) < 4.78 is 0. The van der Waals surface area contributed by atoms with Crippen molar-refractivity contribution in [2.45, 2.75) is 33.2 Å². The van der Waals surface area contributed by atoms with E-state index in [9.17, 15) is 4.79 Å². The molecule has 0 radical (unpaired) electrons. The Hall–Kier alpha value is -2.63. The second-order valence-electron chi connectivity index (χ2n) is 6.13. The van der Waals surface area contributed by atoms with E-state index >= 15 is 0 Å². The zero-order chi connectivity index (χ0) is 16.9. The highest BCUT2D eigenvalue weighted by atomic mass is 16.2. The molecular formula is C18H23N5O. The molecule has 1 saturated heterocycles. The van der Waals surface area contributed by atoms with Gasteiger partial charge in [-0.15, -0.1) is 0 Å². The van der Waals surface area contributed by atoms with E-state index in [1.54, 1.807) is 6.20 Å². The maximum atomic E-state index is 12.0. The van der Waals surface area contributed by atoms with Gasteiger partial charge in [0.2, 0.25) is 0 Å². The average Bonchev–Trinajstić information content (AvgIpc) is 3.11. The fraction of sp³-hybridized carbons (Fsp3) is 0.389. The van der Waals surface area contributed by atoms with Crippen LogP contribution >= 0.6 is 0 Å². The van der Waals surface area contributed by atoms with Crippen molar-refractivity contribution in [3.63, 3.8) is 0 Å². The van der Waals surface area contributed by atoms with E-state index in [4.69, 9.17) is 0 Å². The van der Waals surface area contributed by atoms with Crippen LogP contribution in [-0.4, -0.2) is 29.1 Å². The third-order valence-electron chi connectivity index (χ3n) is 4.29. The van der Waals surface area contributed by atoms with Crippen molar-refractivity contribution in [3.05, 3.63) is 47.4 Å². The van der Waals surface area contributed by atoms with Gasteiger partial charge in [-0.05, 0) is 56.0 Å². The SMILES string of the molecule is Cc1ccc(NC(=O)NCc2nccc(N3CCCC3)n2)cc1C. The molecule has 3 rings (SSSR count). The lowest BCUT2D eigenvalue weighted by Gasteiger charge is -2.16. The standard InChI is InChI=1S/C18H23N5O/c1-13-5-6-15(11-14(13)2)21-18(24)20-12-16-19-8-7-17(22-16)23-9-3-4-10-23/h5-8,11H,3-4,9-10,12H2,1-2H3,(H2,20,21,24). The number of nitrogens with zero attached hydrogens (tertiary/aromatic N) is 3. The Balaban J connectivity index is 1.55. The van der Waals surface area contributed by atoms with Gasteiger partial charge >= 0.3 is 6.03 Å². The summed E-state index contributed by atoms with van der Waals surface area (Å²) in [6.45, 7) is 6.45. The summed E-state index contributed by atoms with van der Waals surface area (Å²) in [6.07, 6.45) is 4.16. The van der Waals surface area contributed by atoms with Gasteiger partial charge < -0.3 is 15.5 Å². The molecule has 24 heavy (non-hydrogen) atoms. The van der Waals surface area contributed by atoms with Crippen LogP contribution in [0.2, 0.25) is 0 Å². The number of aryl methyl sites for hydroxylation is 2. The van der Waals surface area contributed by atoms with E-state index in [2.05, 4.69) is 25.5 Å². The smallest absolute Gasteiger partial charge is 0.319 e. The number of carbonyl (C=O) groups is 1. The van der Waals surface area contributed by atoms with Gasteiger partial charge in [0.25, 0.3) is 0 Å². The molecule has 1 fully saturated rings. The zero-order valence-electron chi connectivity index (χ0n) is 14.2. The van der Waals surface area contributed by atoms with Crippen LogP contribution < -0.4 is 15.5 Å². The van der Waals surface area contributed by atoms with Crippen molar-refractivity contribution in [3.8, 4) is 0 Å². The summed E-state index contributed by atoms with van der Waals surface area (Å²) in [7, 11) is 0. The molecule has 126 valence electrons. The summed E-state index contributed by atoms with van der Waals surface area (Å²) in [6, 6.07) is 7.51. The molecule has 6 nitrogen and oxygen atoms in total. The number of benzene rings is 1. The maximum Gasteiger partial charge on any atom is 0.319 e. The van der Waals surface area contributed by atoms with Gasteiger partial charge in [-0.25, -0.2) is 14.8 Å². The fourth-order valence-corrected chi connectivity index (χ4v) is 2.75. The highest BCUT2D eigenvalue weighted by Crippen LogP contribution is 2.17. The molecule has 2 heterocycles. The monoisotopic (exact) mass is 325 g/mol. The molecular weight excluding hydrogens is 302 g/mol. The molecule has 1 aliphatic rings. The van der Waals surface area contributed by atoms with Crippen LogP contribution in [0.4, 0.5) is 16.3 Å². The molecule has 2 N–H and O–H groups in total. The Kier molecular flexibility index (Phi) is 4.93. The zero-order valence-corrected chi connectivity index (χ0v) is 14.2. The van der Waals surface area contributed by atoms with Crippen molar-refractivity contribution in [1.82, 2.24) is 15.3 Å². The lowest BCUT2D eigenvalue weighted by Crippen LogP contribution is -2.29. The van der Waals surface area contributed by atoms with Crippen LogP contribution in [-0.2, 0) is 6.54 Å². The Morgan fingerprint density at radius 2 is 1.96 bits per heavy atom. The van der Waals surface area contributed by atoms with Crippen molar-refractivity contribution >= 4 is 17.5 Å². The van der Waals surface area contributed by atoms with E-state index in [-0.39, 0.29) is 6.03 Å². The highest BCUT2D eigenvalue weighted by molar-refractivity contribution is 5.89. The molecule has 1 aromatic heterocycles. The normalized spacial score (nSPS) is 13.8. The number of nitrogens with one attached hydrogen (secondary N) is 2. The number of hydrogen-bond donors (Lipinski definition) is 2. The van der Waals surface area contributed by atoms with Crippen LogP contribution in [0.1, 0.15) is 29.8 Å². The maximum absolute atomic E-state index is 12.0. The molecule has 2 amide bonds. The van der Waals surface area contributed by atoms with Gasteiger partial charge in [-0.3, -0.25) is 0 Å². The number of anilines is 2. The quantitative estimate of drug-likeness (QED) is 0.906. The Morgan fingerprint density at radius 3 is 2.71 bits per heavy atom. The van der Waals surface area contributed by atoms with Crippen LogP contribution in [0.25, 0.3) is 0 Å². The molecule has 1 aliphatic heterocycles. The second kappa shape index (κ2) is 7.29. The minimum absolute atomic E-state index is 0.256. The number of urea groups is 1. The minimum Gasteiger partial charge on any atom is -0.357 e. The summed E-state index contributed by atoms with van der Waals surface area (Å²) in [5.41, 5.74) is 3.13. The number of hydrogen-bond acceptors (Lipinski definition) is 4. The van der Waals surface area contributed by atoms with Crippen LogP contribution in [0.3, 0.4) is 0 Å². The molecule has 0 spiro atoms. The lowest BCUT2D eigenvalue weighted by molar-refractivity contribution is 0.251. The van der Waals surface area contributed by atoms with Gasteiger partial charge in [0, 0.05) is 25.0 Å². The second-order valence-corrected chi connectivity index (χ2v) is 6.13. The third kappa shape index (κ3) is 4.01. The first-order valence-electron chi connectivity index (χ1n) is 8.31. The van der Waals surface area contributed by atoms with E-state index in [1.807, 2.05) is 38.1 Å². The highest BCUT2D eigenvalue weighted by Gasteiger charge is 2.14. The lowest BCUT2D eigenvalue weighted by atomic mass is 10.1. The predicted molar refractivity (Wildman–Crippen MR) is 95.3 cm³/mol. The fourth-order valence-electron chi connectivity index (χ4n) is 2.75. The largest absolute Gasteiger partial charge is 0.357 e. The van der Waals surface area contributed by atoms with Crippen molar-refractivity contribution in [1.29, 1.82) is 0 Å². The first kappa shape index (κ1) is 16.2. The van der Waals surface area contributed by atoms with Gasteiger partial charge in [-0.1, -0.05) is 6.07 Å². The van der Waals surface area contributed by atoms with Crippen LogP contribution in [0, 0.1) is 13.8 Å². The Labute approximate surface area is 142 Å². The van der Waals surface area contributed by atoms with Crippen molar-refractivity contribution in [2.75, 3.05) is 23.3 Å². The number of amides is 2. The Bertz CT molecular complexity index is 725. The molecule has 1 aromatic carbocycles. The van der Waals surface area contributed by atoms with Crippen molar-refractivity contribution < 1.29 is 4.79 Å². The summed E-state index contributed by atoms with van der Waals surface area (Å²) in [4.78, 5) is 23.1. The molecule has 0 saturated carbocycles. The van der Waals surface area contributed by atoms with Gasteiger partial charge in [0.1, 0.15) is 11.6 Å². The van der Waals surface area contributed by atoms with E-state index in [0.29, 0.717) is 12.4 Å². The molecule has 6 heteroatoms. The average molecular weight is 325 g/mol.